The first-order chi connectivity index (χ1) is 15.7. The molecule has 1 unspecified atom stereocenters. The van der Waals surface area contributed by atoms with Crippen LogP contribution >= 0.6 is 0 Å². The average Bonchev–Trinajstić information content (AvgIpc) is 3.14. The molecule has 0 fully saturated rings. The van der Waals surface area contributed by atoms with Crippen molar-refractivity contribution in [2.24, 2.45) is 0 Å². The van der Waals surface area contributed by atoms with Crippen molar-refractivity contribution in [2.75, 3.05) is 13.2 Å². The van der Waals surface area contributed by atoms with E-state index in [1.807, 2.05) is 48.5 Å². The normalized spacial score (nSPS) is 19.8. The highest BCUT2D eigenvalue weighted by molar-refractivity contribution is 6.15. The molecular weight excluding hydrogens is 408 g/mol. The topological polar surface area (TPSA) is 71.1 Å². The zero-order chi connectivity index (χ0) is 21.7. The Labute approximate surface area is 184 Å². The minimum absolute atomic E-state index is 0.137. The molecule has 0 spiro atoms. The van der Waals surface area contributed by atoms with Crippen molar-refractivity contribution in [1.82, 2.24) is 0 Å². The third kappa shape index (κ3) is 3.03. The van der Waals surface area contributed by atoms with E-state index in [1.165, 1.54) is 0 Å². The predicted octanol–water partition coefficient (Wildman–Crippen LogP) is 4.52. The van der Waals surface area contributed by atoms with E-state index in [1.54, 1.807) is 18.2 Å². The maximum Gasteiger partial charge on any atom is 0.312 e. The molecule has 3 aliphatic heterocycles. The number of hydrogen-bond donors (Lipinski definition) is 0. The van der Waals surface area contributed by atoms with Gasteiger partial charge in [0, 0.05) is 11.5 Å². The van der Waals surface area contributed by atoms with Gasteiger partial charge in [0.15, 0.2) is 17.3 Å². The summed E-state index contributed by atoms with van der Waals surface area (Å²) in [6.07, 6.45) is 1.86. The van der Waals surface area contributed by atoms with Gasteiger partial charge in [-0.15, -0.1) is 0 Å². The van der Waals surface area contributed by atoms with Crippen LogP contribution in [0.15, 0.2) is 66.4 Å². The van der Waals surface area contributed by atoms with Gasteiger partial charge in [0.25, 0.3) is 0 Å². The molecule has 0 amide bonds. The quantitative estimate of drug-likeness (QED) is 0.341. The number of allylic oxidation sites excluding steroid dienone is 1. The van der Waals surface area contributed by atoms with Crippen LogP contribution in [0.25, 0.3) is 6.08 Å². The summed E-state index contributed by atoms with van der Waals surface area (Å²) in [4.78, 5) is 25.4. The summed E-state index contributed by atoms with van der Waals surface area (Å²) in [6, 6.07) is 18.5. The van der Waals surface area contributed by atoms with Crippen molar-refractivity contribution < 1.29 is 28.5 Å². The fourth-order valence-corrected chi connectivity index (χ4v) is 4.37. The fraction of sp³-hybridized carbons (Fsp3) is 0.154. The third-order valence-corrected chi connectivity index (χ3v) is 5.85. The number of hydrogen-bond acceptors (Lipinski definition) is 6. The number of carbonyl (C=O) groups is 2. The molecule has 3 aromatic carbocycles. The lowest BCUT2D eigenvalue weighted by Crippen LogP contribution is -2.22. The van der Waals surface area contributed by atoms with Crippen LogP contribution < -0.4 is 18.9 Å². The third-order valence-electron chi connectivity index (χ3n) is 5.85. The maximum atomic E-state index is 13.0. The molecule has 6 nitrogen and oxygen atoms in total. The number of esters is 1. The van der Waals surface area contributed by atoms with E-state index in [4.69, 9.17) is 18.9 Å². The van der Waals surface area contributed by atoms with E-state index in [-0.39, 0.29) is 29.9 Å². The molecule has 3 aliphatic rings. The van der Waals surface area contributed by atoms with E-state index in [0.717, 1.165) is 11.1 Å². The second kappa shape index (κ2) is 7.27. The van der Waals surface area contributed by atoms with Gasteiger partial charge in [0.2, 0.25) is 5.78 Å². The lowest BCUT2D eigenvalue weighted by molar-refractivity contribution is -0.135. The Hall–Kier alpha value is -4.06. The standard InChI is InChI=1S/C26H18O6/c27-23-14-18(16-6-8-19-21(13-16)30-11-10-29-19)24-20(31-23)9-7-17-25(28)22(32-26(17)24)12-15-4-2-1-3-5-15/h1-9,12-13,18H,10-11,14H2. The Balaban J connectivity index is 1.45. The van der Waals surface area contributed by atoms with Gasteiger partial charge < -0.3 is 18.9 Å². The smallest absolute Gasteiger partial charge is 0.312 e. The Morgan fingerprint density at radius 2 is 1.59 bits per heavy atom. The first-order valence-electron chi connectivity index (χ1n) is 10.4. The summed E-state index contributed by atoms with van der Waals surface area (Å²) in [5.41, 5.74) is 2.90. The van der Waals surface area contributed by atoms with E-state index in [9.17, 15) is 9.59 Å². The SMILES string of the molecule is O=C1CC(c2ccc3c(c2)OCCO3)c2c(ccc3c2OC(=Cc2ccccc2)C3=O)O1. The largest absolute Gasteiger partial charge is 0.486 e. The molecule has 158 valence electrons. The highest BCUT2D eigenvalue weighted by Gasteiger charge is 2.38. The number of fused-ring (bicyclic) bond motifs is 4. The summed E-state index contributed by atoms with van der Waals surface area (Å²) < 4.78 is 22.9. The molecule has 3 aromatic rings. The van der Waals surface area contributed by atoms with Crippen molar-refractivity contribution in [1.29, 1.82) is 0 Å². The van der Waals surface area contributed by atoms with Crippen molar-refractivity contribution in [3.63, 3.8) is 0 Å². The maximum absolute atomic E-state index is 13.0. The monoisotopic (exact) mass is 426 g/mol. The Morgan fingerprint density at radius 1 is 0.812 bits per heavy atom. The predicted molar refractivity (Wildman–Crippen MR) is 115 cm³/mol. The highest BCUT2D eigenvalue weighted by Crippen LogP contribution is 2.49. The van der Waals surface area contributed by atoms with Gasteiger partial charge in [-0.25, -0.2) is 0 Å². The first kappa shape index (κ1) is 18.7. The molecule has 0 saturated heterocycles. The van der Waals surface area contributed by atoms with Crippen LogP contribution in [0.2, 0.25) is 0 Å². The van der Waals surface area contributed by atoms with E-state index in [2.05, 4.69) is 0 Å². The summed E-state index contributed by atoms with van der Waals surface area (Å²) in [5.74, 6) is 1.57. The Kier molecular flexibility index (Phi) is 4.24. The molecule has 6 heteroatoms. The zero-order valence-electron chi connectivity index (χ0n) is 17.0. The average molecular weight is 426 g/mol. The van der Waals surface area contributed by atoms with Crippen LogP contribution in [0, 0.1) is 0 Å². The van der Waals surface area contributed by atoms with Crippen LogP contribution in [-0.4, -0.2) is 25.0 Å². The number of ketones is 1. The molecule has 0 aliphatic carbocycles. The minimum atomic E-state index is -0.332. The summed E-state index contributed by atoms with van der Waals surface area (Å²) in [7, 11) is 0. The molecule has 0 radical (unpaired) electrons. The van der Waals surface area contributed by atoms with Gasteiger partial charge in [-0.2, -0.15) is 0 Å². The van der Waals surface area contributed by atoms with Gasteiger partial charge in [0.1, 0.15) is 24.7 Å². The molecule has 1 atom stereocenters. The Morgan fingerprint density at radius 3 is 2.44 bits per heavy atom. The van der Waals surface area contributed by atoms with Crippen LogP contribution in [-0.2, 0) is 4.79 Å². The van der Waals surface area contributed by atoms with E-state index < -0.39 is 0 Å². The van der Waals surface area contributed by atoms with Gasteiger partial charge >= 0.3 is 5.97 Å². The van der Waals surface area contributed by atoms with Crippen LogP contribution in [0.4, 0.5) is 0 Å². The number of rotatable bonds is 2. The summed E-state index contributed by atoms with van der Waals surface area (Å²) in [5, 5.41) is 0. The lowest BCUT2D eigenvalue weighted by atomic mass is 9.84. The summed E-state index contributed by atoms with van der Waals surface area (Å²) in [6.45, 7) is 0.978. The van der Waals surface area contributed by atoms with Crippen LogP contribution in [0.5, 0.6) is 23.0 Å². The number of ether oxygens (including phenoxy) is 4. The number of carbonyl (C=O) groups excluding carboxylic acids is 2. The minimum Gasteiger partial charge on any atom is -0.486 e. The molecule has 0 bridgehead atoms. The zero-order valence-corrected chi connectivity index (χ0v) is 17.0. The molecule has 0 aromatic heterocycles. The fourth-order valence-electron chi connectivity index (χ4n) is 4.37. The number of Topliss-reactive ketones (excluding diaryl/α,β-unsaturated/α-hetero) is 1. The van der Waals surface area contributed by atoms with Crippen molar-refractivity contribution in [3.8, 4) is 23.0 Å². The number of benzene rings is 3. The van der Waals surface area contributed by atoms with Crippen molar-refractivity contribution in [3.05, 3.63) is 88.7 Å². The molecule has 32 heavy (non-hydrogen) atoms. The molecular formula is C26H18O6. The molecule has 6 rings (SSSR count). The first-order valence-corrected chi connectivity index (χ1v) is 10.4. The highest BCUT2D eigenvalue weighted by atomic mass is 16.6. The second-order valence-corrected chi connectivity index (χ2v) is 7.84. The van der Waals surface area contributed by atoms with E-state index >= 15 is 0 Å². The molecule has 3 heterocycles. The van der Waals surface area contributed by atoms with Crippen molar-refractivity contribution >= 4 is 17.8 Å². The van der Waals surface area contributed by atoms with Gasteiger partial charge in [0.05, 0.1) is 12.0 Å². The van der Waals surface area contributed by atoms with Crippen LogP contribution in [0.3, 0.4) is 0 Å². The van der Waals surface area contributed by atoms with E-state index in [0.29, 0.717) is 47.3 Å². The lowest BCUT2D eigenvalue weighted by Gasteiger charge is -2.27. The second-order valence-electron chi connectivity index (χ2n) is 7.84. The van der Waals surface area contributed by atoms with Gasteiger partial charge in [-0.1, -0.05) is 36.4 Å². The van der Waals surface area contributed by atoms with Gasteiger partial charge in [-0.05, 0) is 41.5 Å². The van der Waals surface area contributed by atoms with Crippen molar-refractivity contribution in [2.45, 2.75) is 12.3 Å². The summed E-state index contributed by atoms with van der Waals surface area (Å²) >= 11 is 0. The Bertz CT molecular complexity index is 1290. The van der Waals surface area contributed by atoms with Crippen LogP contribution in [0.1, 0.15) is 39.4 Å². The van der Waals surface area contributed by atoms with Gasteiger partial charge in [-0.3, -0.25) is 9.59 Å². The molecule has 0 N–H and O–H groups in total. The molecule has 0 saturated carbocycles.